The number of carbonyl (C=O) groups is 1. The first-order valence-corrected chi connectivity index (χ1v) is 6.89. The number of ether oxygens (including phenoxy) is 1. The number of thiazole rings is 1. The fourth-order valence-corrected chi connectivity index (χ4v) is 2.09. The van der Waals surface area contributed by atoms with Gasteiger partial charge in [0.2, 0.25) is 0 Å². The van der Waals surface area contributed by atoms with Crippen LogP contribution in [0.15, 0.2) is 10.9 Å². The van der Waals surface area contributed by atoms with Crippen molar-refractivity contribution in [2.45, 2.75) is 45.4 Å². The van der Waals surface area contributed by atoms with Crippen LogP contribution in [0.4, 0.5) is 0 Å². The first-order chi connectivity index (χ1) is 8.49. The molecule has 3 N–H and O–H groups in total. The van der Waals surface area contributed by atoms with E-state index in [1.807, 2.05) is 19.2 Å². The Balaban J connectivity index is 2.26. The zero-order valence-corrected chi connectivity index (χ0v) is 11.5. The van der Waals surface area contributed by atoms with E-state index in [1.165, 1.54) is 11.3 Å². The van der Waals surface area contributed by atoms with Crippen LogP contribution in [0.2, 0.25) is 0 Å². The third-order valence-corrected chi connectivity index (χ3v) is 3.11. The number of esters is 1. The minimum atomic E-state index is -0.852. The first-order valence-electron chi connectivity index (χ1n) is 5.95. The summed E-state index contributed by atoms with van der Waals surface area (Å²) in [4.78, 5) is 15.5. The molecule has 6 heteroatoms. The molecule has 18 heavy (non-hydrogen) atoms. The second kappa shape index (κ2) is 7.45. The third kappa shape index (κ3) is 5.57. The Bertz CT molecular complexity index is 354. The third-order valence-electron chi connectivity index (χ3n) is 2.48. The minimum Gasteiger partial charge on any atom is -0.459 e. The van der Waals surface area contributed by atoms with Crippen LogP contribution >= 0.6 is 11.3 Å². The van der Waals surface area contributed by atoms with Gasteiger partial charge in [0.1, 0.15) is 6.61 Å². The Kier molecular flexibility index (Phi) is 6.24. The monoisotopic (exact) mass is 272 g/mol. The van der Waals surface area contributed by atoms with E-state index in [2.05, 4.69) is 4.98 Å². The summed E-state index contributed by atoms with van der Waals surface area (Å²) in [5.41, 5.74) is 8.18. The molecule has 1 rings (SSSR count). The quantitative estimate of drug-likeness (QED) is 0.731. The molecule has 0 aromatic carbocycles. The number of carbonyl (C=O) groups excluding carboxylic acids is 1. The van der Waals surface area contributed by atoms with E-state index >= 15 is 0 Å². The molecule has 0 fully saturated rings. The summed E-state index contributed by atoms with van der Waals surface area (Å²) < 4.78 is 5.00. The van der Waals surface area contributed by atoms with E-state index in [-0.39, 0.29) is 13.0 Å². The zero-order chi connectivity index (χ0) is 13.5. The summed E-state index contributed by atoms with van der Waals surface area (Å²) in [5.74, 6) is -0.0598. The lowest BCUT2D eigenvalue weighted by Gasteiger charge is -2.19. The Morgan fingerprint density at radius 1 is 1.61 bits per heavy atom. The predicted molar refractivity (Wildman–Crippen MR) is 70.0 cm³/mol. The van der Waals surface area contributed by atoms with Gasteiger partial charge in [0.25, 0.3) is 0 Å². The molecule has 0 aliphatic carbocycles. The summed E-state index contributed by atoms with van der Waals surface area (Å²) in [7, 11) is 0. The fourth-order valence-electron chi connectivity index (χ4n) is 1.55. The number of hydrogen-bond acceptors (Lipinski definition) is 6. The largest absolute Gasteiger partial charge is 0.459 e. The van der Waals surface area contributed by atoms with Crippen LogP contribution in [0.1, 0.15) is 32.4 Å². The summed E-state index contributed by atoms with van der Waals surface area (Å²) >= 11 is 1.45. The molecule has 1 heterocycles. The topological polar surface area (TPSA) is 85.4 Å². The van der Waals surface area contributed by atoms with Crippen molar-refractivity contribution in [3.8, 4) is 0 Å². The molecular weight excluding hydrogens is 252 g/mol. The molecule has 0 saturated heterocycles. The standard InChI is InChI=1S/C12H20N2O3S/c1-8(2)3-10(13)11(15)4-12(16)17-5-9-6-18-7-14-9/h6-8,10-11,15H,3-5,13H2,1-2H3/t10-,11-/m0/s1. The summed E-state index contributed by atoms with van der Waals surface area (Å²) in [6.45, 7) is 4.19. The van der Waals surface area contributed by atoms with Gasteiger partial charge in [-0.3, -0.25) is 4.79 Å². The molecule has 0 amide bonds. The van der Waals surface area contributed by atoms with Crippen molar-refractivity contribution in [2.75, 3.05) is 0 Å². The van der Waals surface area contributed by atoms with E-state index in [0.717, 1.165) is 0 Å². The maximum atomic E-state index is 11.5. The van der Waals surface area contributed by atoms with E-state index in [0.29, 0.717) is 18.0 Å². The van der Waals surface area contributed by atoms with Gasteiger partial charge in [0, 0.05) is 11.4 Å². The Morgan fingerprint density at radius 3 is 2.89 bits per heavy atom. The van der Waals surface area contributed by atoms with Crippen molar-refractivity contribution >= 4 is 17.3 Å². The van der Waals surface area contributed by atoms with Crippen LogP contribution in [-0.2, 0) is 16.1 Å². The van der Waals surface area contributed by atoms with Gasteiger partial charge in [-0.15, -0.1) is 11.3 Å². The molecule has 0 aliphatic heterocycles. The SMILES string of the molecule is CC(C)C[C@H](N)[C@@H](O)CC(=O)OCc1cscn1. The first kappa shape index (κ1) is 15.1. The highest BCUT2D eigenvalue weighted by Gasteiger charge is 2.20. The second-order valence-corrected chi connectivity index (χ2v) is 5.42. The Morgan fingerprint density at radius 2 is 2.33 bits per heavy atom. The average molecular weight is 272 g/mol. The van der Waals surface area contributed by atoms with E-state index in [4.69, 9.17) is 10.5 Å². The van der Waals surface area contributed by atoms with Gasteiger partial charge < -0.3 is 15.6 Å². The van der Waals surface area contributed by atoms with Crippen molar-refractivity contribution in [2.24, 2.45) is 11.7 Å². The van der Waals surface area contributed by atoms with Gasteiger partial charge in [-0.05, 0) is 12.3 Å². The van der Waals surface area contributed by atoms with Crippen molar-refractivity contribution < 1.29 is 14.6 Å². The fraction of sp³-hybridized carbons (Fsp3) is 0.667. The molecule has 1 aromatic rings. The van der Waals surface area contributed by atoms with Crippen molar-refractivity contribution in [1.29, 1.82) is 0 Å². The Hall–Kier alpha value is -0.980. The summed E-state index contributed by atoms with van der Waals surface area (Å²) in [6, 6.07) is -0.392. The number of hydrogen-bond donors (Lipinski definition) is 2. The van der Waals surface area contributed by atoms with Crippen molar-refractivity contribution in [3.63, 3.8) is 0 Å². The normalized spacial score (nSPS) is 14.5. The number of aliphatic hydroxyl groups is 1. The van der Waals surface area contributed by atoms with Crippen molar-refractivity contribution in [1.82, 2.24) is 4.98 Å². The lowest BCUT2D eigenvalue weighted by Crippen LogP contribution is -2.37. The van der Waals surface area contributed by atoms with E-state index in [1.54, 1.807) is 5.51 Å². The molecule has 5 nitrogen and oxygen atoms in total. The zero-order valence-electron chi connectivity index (χ0n) is 10.7. The number of aromatic nitrogens is 1. The highest BCUT2D eigenvalue weighted by Crippen LogP contribution is 2.10. The second-order valence-electron chi connectivity index (χ2n) is 4.71. The van der Waals surface area contributed by atoms with Crippen LogP contribution in [0.3, 0.4) is 0 Å². The molecule has 102 valence electrons. The molecule has 1 aromatic heterocycles. The van der Waals surface area contributed by atoms with Gasteiger partial charge in [-0.25, -0.2) is 4.98 Å². The van der Waals surface area contributed by atoms with E-state index < -0.39 is 18.1 Å². The Labute approximate surface area is 111 Å². The molecule has 2 atom stereocenters. The number of aliphatic hydroxyl groups excluding tert-OH is 1. The average Bonchev–Trinajstić information content (AvgIpc) is 2.78. The van der Waals surface area contributed by atoms with Gasteiger partial charge in [0.15, 0.2) is 0 Å². The van der Waals surface area contributed by atoms with Gasteiger partial charge in [-0.2, -0.15) is 0 Å². The van der Waals surface area contributed by atoms with Crippen LogP contribution in [0.25, 0.3) is 0 Å². The number of nitrogens with zero attached hydrogens (tertiary/aromatic N) is 1. The molecular formula is C12H20N2O3S. The van der Waals surface area contributed by atoms with Crippen molar-refractivity contribution in [3.05, 3.63) is 16.6 Å². The van der Waals surface area contributed by atoms with Crippen LogP contribution in [0, 0.1) is 5.92 Å². The molecule has 0 aliphatic rings. The maximum Gasteiger partial charge on any atom is 0.308 e. The summed E-state index contributed by atoms with van der Waals surface area (Å²) in [5, 5.41) is 11.6. The smallest absolute Gasteiger partial charge is 0.308 e. The lowest BCUT2D eigenvalue weighted by atomic mass is 9.98. The van der Waals surface area contributed by atoms with Crippen LogP contribution < -0.4 is 5.73 Å². The molecule has 0 unspecified atom stereocenters. The number of nitrogens with two attached hydrogens (primary N) is 1. The molecule has 0 bridgehead atoms. The highest BCUT2D eigenvalue weighted by molar-refractivity contribution is 7.07. The highest BCUT2D eigenvalue weighted by atomic mass is 32.1. The van der Waals surface area contributed by atoms with Gasteiger partial charge in [0.05, 0.1) is 23.7 Å². The van der Waals surface area contributed by atoms with Gasteiger partial charge >= 0.3 is 5.97 Å². The molecule has 0 spiro atoms. The maximum absolute atomic E-state index is 11.5. The van der Waals surface area contributed by atoms with Gasteiger partial charge in [-0.1, -0.05) is 13.8 Å². The molecule has 0 saturated carbocycles. The van der Waals surface area contributed by atoms with Crippen LogP contribution in [-0.4, -0.2) is 28.2 Å². The lowest BCUT2D eigenvalue weighted by molar-refractivity contribution is -0.147. The summed E-state index contributed by atoms with van der Waals surface area (Å²) in [6.07, 6.45) is -0.242. The molecule has 0 radical (unpaired) electrons. The van der Waals surface area contributed by atoms with Crippen LogP contribution in [0.5, 0.6) is 0 Å². The predicted octanol–water partition coefficient (Wildman–Crippen LogP) is 1.31. The minimum absolute atomic E-state index is 0.0714. The number of rotatable bonds is 7. The van der Waals surface area contributed by atoms with E-state index in [9.17, 15) is 9.90 Å².